The highest BCUT2D eigenvalue weighted by Gasteiger charge is 2.19. The van der Waals surface area contributed by atoms with Gasteiger partial charge in [0.1, 0.15) is 11.6 Å². The standard InChI is InChI=1S/C21H26N8O2/c1-4-16-22-19(27-21(23-16)29-12-10-28(2)11-13-29)26-20-24-17(30-3)14-18(25-20)31-15-8-6-5-7-9-15/h5-9,14H,4,10-13H2,1-3H3,(H,22,23,24,25,26,27). The number of aryl methyl sites for hydroxylation is 1. The van der Waals surface area contributed by atoms with Gasteiger partial charge in [0, 0.05) is 32.6 Å². The van der Waals surface area contributed by atoms with E-state index in [-0.39, 0.29) is 5.95 Å². The zero-order chi connectivity index (χ0) is 21.6. The van der Waals surface area contributed by atoms with Crippen LogP contribution in [0.15, 0.2) is 36.4 Å². The van der Waals surface area contributed by atoms with Crippen LogP contribution >= 0.6 is 0 Å². The Morgan fingerprint density at radius 3 is 2.32 bits per heavy atom. The van der Waals surface area contributed by atoms with Crippen LogP contribution in [0.25, 0.3) is 0 Å². The Labute approximate surface area is 181 Å². The SMILES string of the molecule is CCc1nc(Nc2nc(OC)cc(Oc3ccccc3)n2)nc(N2CCN(C)CC2)n1. The normalized spacial score (nSPS) is 14.4. The lowest BCUT2D eigenvalue weighted by Crippen LogP contribution is -2.45. The van der Waals surface area contributed by atoms with E-state index in [1.54, 1.807) is 13.2 Å². The monoisotopic (exact) mass is 422 g/mol. The van der Waals surface area contributed by atoms with Crippen molar-refractivity contribution in [1.82, 2.24) is 29.8 Å². The molecule has 2 aromatic heterocycles. The number of piperazine rings is 1. The Bertz CT molecular complexity index is 1010. The zero-order valence-electron chi connectivity index (χ0n) is 17.9. The van der Waals surface area contributed by atoms with Gasteiger partial charge in [0.05, 0.1) is 13.2 Å². The summed E-state index contributed by atoms with van der Waals surface area (Å²) < 4.78 is 11.1. The first-order valence-electron chi connectivity index (χ1n) is 10.2. The Hall–Kier alpha value is -3.53. The Morgan fingerprint density at radius 1 is 0.903 bits per heavy atom. The Balaban J connectivity index is 1.59. The fraction of sp³-hybridized carbons (Fsp3) is 0.381. The van der Waals surface area contributed by atoms with Crippen molar-refractivity contribution < 1.29 is 9.47 Å². The predicted octanol–water partition coefficient (Wildman–Crippen LogP) is 2.52. The molecular weight excluding hydrogens is 396 g/mol. The molecule has 1 N–H and O–H groups in total. The summed E-state index contributed by atoms with van der Waals surface area (Å²) in [5.41, 5.74) is 0. The van der Waals surface area contributed by atoms with Gasteiger partial charge in [-0.3, -0.25) is 5.32 Å². The first-order chi connectivity index (χ1) is 15.1. The van der Waals surface area contributed by atoms with Gasteiger partial charge >= 0.3 is 0 Å². The summed E-state index contributed by atoms with van der Waals surface area (Å²) in [6.07, 6.45) is 0.694. The Kier molecular flexibility index (Phi) is 6.37. The molecule has 0 atom stereocenters. The average Bonchev–Trinajstić information content (AvgIpc) is 2.79. The highest BCUT2D eigenvalue weighted by atomic mass is 16.5. The summed E-state index contributed by atoms with van der Waals surface area (Å²) in [6, 6.07) is 11.0. The number of methoxy groups -OCH3 is 1. The number of likely N-dealkylation sites (N-methyl/N-ethyl adjacent to an activating group) is 1. The van der Waals surface area contributed by atoms with Gasteiger partial charge < -0.3 is 19.3 Å². The van der Waals surface area contributed by atoms with Crippen LogP contribution in [0.3, 0.4) is 0 Å². The van der Waals surface area contributed by atoms with E-state index in [0.717, 1.165) is 26.2 Å². The number of para-hydroxylation sites is 1. The van der Waals surface area contributed by atoms with Gasteiger partial charge in [-0.1, -0.05) is 25.1 Å². The first-order valence-corrected chi connectivity index (χ1v) is 10.2. The molecule has 4 rings (SSSR count). The van der Waals surface area contributed by atoms with E-state index in [9.17, 15) is 0 Å². The molecule has 1 saturated heterocycles. The molecule has 0 saturated carbocycles. The lowest BCUT2D eigenvalue weighted by atomic mass is 10.3. The number of ether oxygens (including phenoxy) is 2. The minimum atomic E-state index is 0.280. The topological polar surface area (TPSA) is 101 Å². The van der Waals surface area contributed by atoms with Gasteiger partial charge in [-0.15, -0.1) is 0 Å². The van der Waals surface area contributed by atoms with Crippen LogP contribution in [0.5, 0.6) is 17.5 Å². The zero-order valence-corrected chi connectivity index (χ0v) is 17.9. The summed E-state index contributed by atoms with van der Waals surface area (Å²) in [5.74, 6) is 3.42. The molecule has 0 unspecified atom stereocenters. The van der Waals surface area contributed by atoms with E-state index in [0.29, 0.717) is 41.7 Å². The molecule has 0 amide bonds. The number of nitrogens with one attached hydrogen (secondary N) is 1. The lowest BCUT2D eigenvalue weighted by Gasteiger charge is -2.32. The molecular formula is C21H26N8O2. The number of benzene rings is 1. The predicted molar refractivity (Wildman–Crippen MR) is 117 cm³/mol. The molecule has 31 heavy (non-hydrogen) atoms. The minimum Gasteiger partial charge on any atom is -0.481 e. The van der Waals surface area contributed by atoms with E-state index >= 15 is 0 Å². The third-order valence-electron chi connectivity index (χ3n) is 4.85. The van der Waals surface area contributed by atoms with Crippen LogP contribution in [0.4, 0.5) is 17.8 Å². The second kappa shape index (κ2) is 9.52. The first kappa shape index (κ1) is 20.7. The molecule has 10 heteroatoms. The number of rotatable bonds is 7. The number of anilines is 3. The van der Waals surface area contributed by atoms with Crippen molar-refractivity contribution in [3.05, 3.63) is 42.2 Å². The molecule has 1 aliphatic rings. The Morgan fingerprint density at radius 2 is 1.61 bits per heavy atom. The van der Waals surface area contributed by atoms with Crippen LogP contribution in [-0.4, -0.2) is 70.2 Å². The molecule has 1 aliphatic heterocycles. The van der Waals surface area contributed by atoms with Crippen LogP contribution in [0.2, 0.25) is 0 Å². The van der Waals surface area contributed by atoms with Crippen molar-refractivity contribution in [2.24, 2.45) is 0 Å². The molecule has 0 aliphatic carbocycles. The van der Waals surface area contributed by atoms with Crippen molar-refractivity contribution in [2.45, 2.75) is 13.3 Å². The maximum absolute atomic E-state index is 5.84. The fourth-order valence-electron chi connectivity index (χ4n) is 3.10. The number of aromatic nitrogens is 5. The number of hydrogen-bond donors (Lipinski definition) is 1. The maximum atomic E-state index is 5.84. The van der Waals surface area contributed by atoms with E-state index in [4.69, 9.17) is 9.47 Å². The van der Waals surface area contributed by atoms with Crippen molar-refractivity contribution >= 4 is 17.8 Å². The van der Waals surface area contributed by atoms with Gasteiger partial charge in [0.15, 0.2) is 0 Å². The summed E-state index contributed by atoms with van der Waals surface area (Å²) in [7, 11) is 3.66. The molecule has 3 aromatic rings. The van der Waals surface area contributed by atoms with E-state index in [1.165, 1.54) is 0 Å². The molecule has 0 spiro atoms. The molecule has 1 fully saturated rings. The summed E-state index contributed by atoms with van der Waals surface area (Å²) in [4.78, 5) is 26.9. The number of nitrogens with zero attached hydrogens (tertiary/aromatic N) is 7. The van der Waals surface area contributed by atoms with Crippen LogP contribution < -0.4 is 19.7 Å². The van der Waals surface area contributed by atoms with Crippen LogP contribution in [0.1, 0.15) is 12.7 Å². The van der Waals surface area contributed by atoms with Crippen molar-refractivity contribution in [3.63, 3.8) is 0 Å². The third-order valence-corrected chi connectivity index (χ3v) is 4.85. The smallest absolute Gasteiger partial charge is 0.236 e. The molecule has 3 heterocycles. The molecule has 1 aromatic carbocycles. The van der Waals surface area contributed by atoms with Crippen LogP contribution in [-0.2, 0) is 6.42 Å². The van der Waals surface area contributed by atoms with Crippen molar-refractivity contribution in [2.75, 3.05) is 50.6 Å². The number of hydrogen-bond acceptors (Lipinski definition) is 10. The van der Waals surface area contributed by atoms with Gasteiger partial charge in [-0.05, 0) is 19.2 Å². The van der Waals surface area contributed by atoms with E-state index in [2.05, 4.69) is 47.1 Å². The highest BCUT2D eigenvalue weighted by Crippen LogP contribution is 2.25. The maximum Gasteiger partial charge on any atom is 0.236 e. The van der Waals surface area contributed by atoms with Gasteiger partial charge in [-0.2, -0.15) is 24.9 Å². The summed E-state index contributed by atoms with van der Waals surface area (Å²) in [6.45, 7) is 5.69. The quantitative estimate of drug-likeness (QED) is 0.611. The summed E-state index contributed by atoms with van der Waals surface area (Å²) in [5, 5.41) is 3.09. The molecule has 0 radical (unpaired) electrons. The van der Waals surface area contributed by atoms with Crippen molar-refractivity contribution in [1.29, 1.82) is 0 Å². The average molecular weight is 422 g/mol. The largest absolute Gasteiger partial charge is 0.481 e. The van der Waals surface area contributed by atoms with Gasteiger partial charge in [-0.25, -0.2) is 0 Å². The van der Waals surface area contributed by atoms with Gasteiger partial charge in [0.25, 0.3) is 0 Å². The fourth-order valence-corrected chi connectivity index (χ4v) is 3.10. The second-order valence-electron chi connectivity index (χ2n) is 7.13. The van der Waals surface area contributed by atoms with Crippen molar-refractivity contribution in [3.8, 4) is 17.5 Å². The van der Waals surface area contributed by atoms with E-state index < -0.39 is 0 Å². The van der Waals surface area contributed by atoms with Gasteiger partial charge in [0.2, 0.25) is 29.6 Å². The van der Waals surface area contributed by atoms with Crippen LogP contribution in [0, 0.1) is 0 Å². The molecule has 162 valence electrons. The third kappa shape index (κ3) is 5.34. The summed E-state index contributed by atoms with van der Waals surface area (Å²) >= 11 is 0. The molecule has 10 nitrogen and oxygen atoms in total. The molecule has 0 bridgehead atoms. The lowest BCUT2D eigenvalue weighted by molar-refractivity contribution is 0.311. The second-order valence-corrected chi connectivity index (χ2v) is 7.13. The van der Waals surface area contributed by atoms with E-state index in [1.807, 2.05) is 37.3 Å². The highest BCUT2D eigenvalue weighted by molar-refractivity contribution is 5.48. The minimum absolute atomic E-state index is 0.280.